The Morgan fingerprint density at radius 3 is 2.80 bits per heavy atom. The maximum Gasteiger partial charge on any atom is 0.239 e. The zero-order chi connectivity index (χ0) is 11.4. The quantitative estimate of drug-likeness (QED) is 0.672. The molecule has 2 unspecified atom stereocenters. The molecule has 1 aliphatic heterocycles. The van der Waals surface area contributed by atoms with E-state index < -0.39 is 5.92 Å². The van der Waals surface area contributed by atoms with Crippen molar-refractivity contribution in [2.24, 2.45) is 5.92 Å². The third-order valence-electron chi connectivity index (χ3n) is 3.12. The molecule has 1 aliphatic rings. The van der Waals surface area contributed by atoms with Crippen molar-refractivity contribution >= 4 is 5.91 Å². The molecule has 15 heavy (non-hydrogen) atoms. The highest BCUT2D eigenvalue weighted by Gasteiger charge is 2.28. The van der Waals surface area contributed by atoms with Crippen LogP contribution >= 0.6 is 0 Å². The molecule has 0 aromatic heterocycles. The first-order valence-corrected chi connectivity index (χ1v) is 5.48. The molecule has 1 amide bonds. The third kappa shape index (κ3) is 2.69. The first kappa shape index (κ1) is 12.0. The maximum absolute atomic E-state index is 11.8. The van der Waals surface area contributed by atoms with Gasteiger partial charge in [0.15, 0.2) is 0 Å². The van der Waals surface area contributed by atoms with Crippen LogP contribution in [0.2, 0.25) is 0 Å². The van der Waals surface area contributed by atoms with Gasteiger partial charge in [0, 0.05) is 25.7 Å². The van der Waals surface area contributed by atoms with E-state index in [1.165, 1.54) is 0 Å². The molecule has 1 rings (SSSR count). The number of nitriles is 1. The Bertz CT molecular complexity index is 271. The summed E-state index contributed by atoms with van der Waals surface area (Å²) in [4.78, 5) is 15.9. The fraction of sp³-hybridized carbons (Fsp3) is 0.818. The highest BCUT2D eigenvalue weighted by molar-refractivity contribution is 5.80. The molecule has 0 saturated carbocycles. The maximum atomic E-state index is 11.8. The SMILES string of the molecule is CCC1CN(C(=O)C(C)C#N)CCN1C. The van der Waals surface area contributed by atoms with Gasteiger partial charge in [-0.05, 0) is 20.4 Å². The van der Waals surface area contributed by atoms with Crippen LogP contribution in [0.4, 0.5) is 0 Å². The summed E-state index contributed by atoms with van der Waals surface area (Å²) in [5, 5.41) is 8.70. The van der Waals surface area contributed by atoms with E-state index in [-0.39, 0.29) is 5.91 Å². The van der Waals surface area contributed by atoms with Crippen LogP contribution in [0.3, 0.4) is 0 Å². The molecule has 4 nitrogen and oxygen atoms in total. The largest absolute Gasteiger partial charge is 0.339 e. The van der Waals surface area contributed by atoms with Crippen molar-refractivity contribution in [3.05, 3.63) is 0 Å². The second-order valence-electron chi connectivity index (χ2n) is 4.18. The first-order chi connectivity index (χ1) is 7.10. The molecule has 1 saturated heterocycles. The van der Waals surface area contributed by atoms with E-state index in [0.29, 0.717) is 6.04 Å². The molecular weight excluding hydrogens is 190 g/mol. The molecule has 0 aromatic rings. The summed E-state index contributed by atoms with van der Waals surface area (Å²) in [5.41, 5.74) is 0. The molecule has 0 bridgehead atoms. The Morgan fingerprint density at radius 2 is 2.27 bits per heavy atom. The molecule has 0 N–H and O–H groups in total. The normalized spacial score (nSPS) is 24.7. The van der Waals surface area contributed by atoms with E-state index in [1.807, 2.05) is 11.0 Å². The summed E-state index contributed by atoms with van der Waals surface area (Å²) < 4.78 is 0. The number of amides is 1. The minimum atomic E-state index is -0.508. The van der Waals surface area contributed by atoms with Gasteiger partial charge >= 0.3 is 0 Å². The monoisotopic (exact) mass is 209 g/mol. The van der Waals surface area contributed by atoms with Gasteiger partial charge in [-0.1, -0.05) is 6.92 Å². The van der Waals surface area contributed by atoms with E-state index >= 15 is 0 Å². The second-order valence-corrected chi connectivity index (χ2v) is 4.18. The lowest BCUT2D eigenvalue weighted by atomic mass is 10.1. The standard InChI is InChI=1S/C11H19N3O/c1-4-10-8-14(6-5-13(10)3)11(15)9(2)7-12/h9-10H,4-6,8H2,1-3H3. The number of hydrogen-bond donors (Lipinski definition) is 0. The van der Waals surface area contributed by atoms with Gasteiger partial charge in [0.2, 0.25) is 5.91 Å². The van der Waals surface area contributed by atoms with Crippen molar-refractivity contribution in [2.45, 2.75) is 26.3 Å². The highest BCUT2D eigenvalue weighted by Crippen LogP contribution is 2.13. The highest BCUT2D eigenvalue weighted by atomic mass is 16.2. The summed E-state index contributed by atoms with van der Waals surface area (Å²) in [6.45, 7) is 6.21. The van der Waals surface area contributed by atoms with Gasteiger partial charge in [0.25, 0.3) is 0 Å². The van der Waals surface area contributed by atoms with Crippen molar-refractivity contribution < 1.29 is 4.79 Å². The van der Waals surface area contributed by atoms with Gasteiger partial charge in [-0.15, -0.1) is 0 Å². The molecule has 0 spiro atoms. The van der Waals surface area contributed by atoms with Gasteiger partial charge in [0.1, 0.15) is 5.92 Å². The van der Waals surface area contributed by atoms with Crippen molar-refractivity contribution in [3.8, 4) is 6.07 Å². The minimum absolute atomic E-state index is 0.0240. The summed E-state index contributed by atoms with van der Waals surface area (Å²) in [5.74, 6) is -0.532. The molecule has 84 valence electrons. The average Bonchev–Trinajstić information content (AvgIpc) is 2.27. The Hall–Kier alpha value is -1.08. The lowest BCUT2D eigenvalue weighted by Crippen LogP contribution is -2.53. The van der Waals surface area contributed by atoms with Crippen LogP contribution in [0.5, 0.6) is 0 Å². The molecule has 0 radical (unpaired) electrons. The van der Waals surface area contributed by atoms with E-state index in [0.717, 1.165) is 26.1 Å². The molecule has 4 heteroatoms. The van der Waals surface area contributed by atoms with E-state index in [4.69, 9.17) is 5.26 Å². The van der Waals surface area contributed by atoms with Crippen molar-refractivity contribution in [1.29, 1.82) is 5.26 Å². The Labute approximate surface area is 91.5 Å². The summed E-state index contributed by atoms with van der Waals surface area (Å²) >= 11 is 0. The Kier molecular flexibility index (Phi) is 4.10. The van der Waals surface area contributed by atoms with Crippen LogP contribution < -0.4 is 0 Å². The van der Waals surface area contributed by atoms with Crippen molar-refractivity contribution in [2.75, 3.05) is 26.7 Å². The lowest BCUT2D eigenvalue weighted by molar-refractivity contribution is -0.136. The van der Waals surface area contributed by atoms with Crippen LogP contribution in [0.25, 0.3) is 0 Å². The average molecular weight is 209 g/mol. The van der Waals surface area contributed by atoms with Gasteiger partial charge < -0.3 is 4.90 Å². The summed E-state index contributed by atoms with van der Waals surface area (Å²) in [6.07, 6.45) is 1.04. The molecule has 2 atom stereocenters. The van der Waals surface area contributed by atoms with Gasteiger partial charge in [-0.2, -0.15) is 5.26 Å². The minimum Gasteiger partial charge on any atom is -0.339 e. The zero-order valence-corrected chi connectivity index (χ0v) is 9.73. The van der Waals surface area contributed by atoms with Crippen LogP contribution in [-0.2, 0) is 4.79 Å². The lowest BCUT2D eigenvalue weighted by Gasteiger charge is -2.39. The number of hydrogen-bond acceptors (Lipinski definition) is 3. The second kappa shape index (κ2) is 5.13. The first-order valence-electron chi connectivity index (χ1n) is 5.48. The van der Waals surface area contributed by atoms with Crippen molar-refractivity contribution in [3.63, 3.8) is 0 Å². The smallest absolute Gasteiger partial charge is 0.239 e. The molecule has 0 aromatic carbocycles. The Balaban J connectivity index is 2.59. The molecule has 0 aliphatic carbocycles. The third-order valence-corrected chi connectivity index (χ3v) is 3.12. The number of rotatable bonds is 2. The number of nitrogens with zero attached hydrogens (tertiary/aromatic N) is 3. The predicted octanol–water partition coefficient (Wildman–Crippen LogP) is 0.699. The van der Waals surface area contributed by atoms with Gasteiger partial charge in [0.05, 0.1) is 6.07 Å². The predicted molar refractivity (Wildman–Crippen MR) is 58.1 cm³/mol. The fourth-order valence-corrected chi connectivity index (χ4v) is 1.92. The number of carbonyl (C=O) groups is 1. The number of carbonyl (C=O) groups excluding carboxylic acids is 1. The topological polar surface area (TPSA) is 47.3 Å². The number of piperazine rings is 1. The van der Waals surface area contributed by atoms with E-state index in [9.17, 15) is 4.79 Å². The van der Waals surface area contributed by atoms with Crippen LogP contribution in [-0.4, -0.2) is 48.4 Å². The summed E-state index contributed by atoms with van der Waals surface area (Å²) in [6, 6.07) is 2.44. The van der Waals surface area contributed by atoms with Crippen LogP contribution in [0, 0.1) is 17.2 Å². The van der Waals surface area contributed by atoms with Gasteiger partial charge in [-0.3, -0.25) is 9.69 Å². The molecule has 1 heterocycles. The molecule has 1 fully saturated rings. The molecular formula is C11H19N3O. The van der Waals surface area contributed by atoms with E-state index in [1.54, 1.807) is 6.92 Å². The zero-order valence-electron chi connectivity index (χ0n) is 9.73. The van der Waals surface area contributed by atoms with Crippen LogP contribution in [0.15, 0.2) is 0 Å². The van der Waals surface area contributed by atoms with Gasteiger partial charge in [-0.25, -0.2) is 0 Å². The fourth-order valence-electron chi connectivity index (χ4n) is 1.92. The van der Waals surface area contributed by atoms with Crippen LogP contribution in [0.1, 0.15) is 20.3 Å². The number of likely N-dealkylation sites (N-methyl/N-ethyl adjacent to an activating group) is 1. The van der Waals surface area contributed by atoms with Crippen molar-refractivity contribution in [1.82, 2.24) is 9.80 Å². The van der Waals surface area contributed by atoms with E-state index in [2.05, 4.69) is 18.9 Å². The Morgan fingerprint density at radius 1 is 1.60 bits per heavy atom. The summed E-state index contributed by atoms with van der Waals surface area (Å²) in [7, 11) is 2.09.